The molecule has 2 saturated heterocycles. The average molecular weight is 386 g/mol. The first kappa shape index (κ1) is 18.9. The molecule has 2 fully saturated rings. The van der Waals surface area contributed by atoms with E-state index in [9.17, 15) is 4.79 Å². The van der Waals surface area contributed by atoms with Crippen molar-refractivity contribution in [3.63, 3.8) is 0 Å². The number of carbonyl (C=O) groups excluding carboxylic acids is 1. The number of hydrogen-bond donors (Lipinski definition) is 1. The third-order valence-electron chi connectivity index (χ3n) is 5.26. The van der Waals surface area contributed by atoms with Gasteiger partial charge in [-0.25, -0.2) is 0 Å². The largest absolute Gasteiger partial charge is 0.379 e. The Morgan fingerprint density at radius 1 is 1.32 bits per heavy atom. The minimum Gasteiger partial charge on any atom is -0.379 e. The molecule has 2 aliphatic rings. The van der Waals surface area contributed by atoms with Crippen molar-refractivity contribution in [2.75, 3.05) is 45.9 Å². The van der Waals surface area contributed by atoms with E-state index >= 15 is 0 Å². The van der Waals surface area contributed by atoms with Gasteiger partial charge in [-0.1, -0.05) is 36.2 Å². The number of amides is 1. The van der Waals surface area contributed by atoms with Gasteiger partial charge in [0, 0.05) is 36.2 Å². The maximum atomic E-state index is 13.4. The number of morpholine rings is 1. The molecule has 0 saturated carbocycles. The summed E-state index contributed by atoms with van der Waals surface area (Å²) in [7, 11) is 0. The fraction of sp³-hybridized carbons (Fsp3) is 0.611. The third-order valence-corrected chi connectivity index (χ3v) is 5.83. The van der Waals surface area contributed by atoms with Gasteiger partial charge in [0.1, 0.15) is 6.04 Å². The van der Waals surface area contributed by atoms with Crippen molar-refractivity contribution in [3.05, 3.63) is 33.8 Å². The maximum absolute atomic E-state index is 13.4. The number of benzene rings is 1. The van der Waals surface area contributed by atoms with Crippen LogP contribution in [0.15, 0.2) is 18.2 Å². The SMILES string of the molecule is CC1(CN)CCN(C(=O)C(c2ccc(Cl)cc2Cl)N2CCOCC2)C1. The summed E-state index contributed by atoms with van der Waals surface area (Å²) < 4.78 is 5.45. The van der Waals surface area contributed by atoms with E-state index in [0.29, 0.717) is 49.4 Å². The van der Waals surface area contributed by atoms with Crippen molar-refractivity contribution < 1.29 is 9.53 Å². The molecule has 0 aliphatic carbocycles. The fourth-order valence-corrected chi connectivity index (χ4v) is 4.11. The molecule has 5 nitrogen and oxygen atoms in total. The van der Waals surface area contributed by atoms with Gasteiger partial charge in [-0.3, -0.25) is 9.69 Å². The number of carbonyl (C=O) groups is 1. The molecule has 138 valence electrons. The summed E-state index contributed by atoms with van der Waals surface area (Å²) in [6, 6.07) is 4.94. The monoisotopic (exact) mass is 385 g/mol. The van der Waals surface area contributed by atoms with Crippen molar-refractivity contribution in [3.8, 4) is 0 Å². The summed E-state index contributed by atoms with van der Waals surface area (Å²) in [5, 5.41) is 1.09. The van der Waals surface area contributed by atoms with Crippen LogP contribution in [-0.2, 0) is 9.53 Å². The standard InChI is InChI=1S/C18H25Cl2N3O2/c1-18(11-21)4-5-23(12-18)17(24)16(22-6-8-25-9-7-22)14-3-2-13(19)10-15(14)20/h2-3,10,16H,4-9,11-12,21H2,1H3. The number of hydrogen-bond acceptors (Lipinski definition) is 4. The van der Waals surface area contributed by atoms with E-state index in [1.54, 1.807) is 12.1 Å². The Hall–Kier alpha value is -0.850. The Bertz CT molecular complexity index is 637. The number of nitrogens with zero attached hydrogens (tertiary/aromatic N) is 2. The first-order valence-corrected chi connectivity index (χ1v) is 9.45. The van der Waals surface area contributed by atoms with Gasteiger partial charge in [0.2, 0.25) is 5.91 Å². The van der Waals surface area contributed by atoms with Crippen LogP contribution >= 0.6 is 23.2 Å². The zero-order chi connectivity index (χ0) is 18.0. The molecule has 1 aromatic rings. The van der Waals surface area contributed by atoms with Crippen LogP contribution in [-0.4, -0.2) is 61.6 Å². The van der Waals surface area contributed by atoms with Gasteiger partial charge in [0.15, 0.2) is 0 Å². The second kappa shape index (κ2) is 7.80. The van der Waals surface area contributed by atoms with Crippen molar-refractivity contribution in [2.24, 2.45) is 11.1 Å². The maximum Gasteiger partial charge on any atom is 0.244 e. The van der Waals surface area contributed by atoms with Crippen LogP contribution in [0.25, 0.3) is 0 Å². The van der Waals surface area contributed by atoms with Crippen LogP contribution in [0.5, 0.6) is 0 Å². The molecule has 0 radical (unpaired) electrons. The number of ether oxygens (including phenoxy) is 1. The molecule has 2 atom stereocenters. The molecule has 1 amide bonds. The highest BCUT2D eigenvalue weighted by molar-refractivity contribution is 6.35. The zero-order valence-electron chi connectivity index (χ0n) is 14.5. The first-order chi connectivity index (χ1) is 11.9. The van der Waals surface area contributed by atoms with Crippen LogP contribution in [0, 0.1) is 5.41 Å². The van der Waals surface area contributed by atoms with Gasteiger partial charge >= 0.3 is 0 Å². The predicted molar refractivity (Wildman–Crippen MR) is 100.0 cm³/mol. The quantitative estimate of drug-likeness (QED) is 0.864. The normalized spacial score (nSPS) is 26.0. The van der Waals surface area contributed by atoms with Crippen molar-refractivity contribution in [1.82, 2.24) is 9.80 Å². The summed E-state index contributed by atoms with van der Waals surface area (Å²) in [6.07, 6.45) is 0.930. The zero-order valence-corrected chi connectivity index (χ0v) is 16.0. The Morgan fingerprint density at radius 3 is 2.64 bits per heavy atom. The van der Waals surface area contributed by atoms with Crippen LogP contribution in [0.4, 0.5) is 0 Å². The molecule has 25 heavy (non-hydrogen) atoms. The van der Waals surface area contributed by atoms with E-state index < -0.39 is 6.04 Å². The topological polar surface area (TPSA) is 58.8 Å². The minimum absolute atomic E-state index is 0.00495. The minimum atomic E-state index is -0.409. The van der Waals surface area contributed by atoms with Crippen LogP contribution in [0.1, 0.15) is 24.9 Å². The summed E-state index contributed by atoms with van der Waals surface area (Å²) in [5.41, 5.74) is 6.70. The molecular formula is C18H25Cl2N3O2. The van der Waals surface area contributed by atoms with Gasteiger partial charge < -0.3 is 15.4 Å². The molecule has 0 aromatic heterocycles. The lowest BCUT2D eigenvalue weighted by Gasteiger charge is -2.36. The molecule has 2 unspecified atom stereocenters. The van der Waals surface area contributed by atoms with E-state index in [-0.39, 0.29) is 11.3 Å². The van der Waals surface area contributed by atoms with E-state index in [2.05, 4.69) is 11.8 Å². The van der Waals surface area contributed by atoms with Crippen molar-refractivity contribution >= 4 is 29.1 Å². The van der Waals surface area contributed by atoms with Crippen molar-refractivity contribution in [1.29, 1.82) is 0 Å². The second-order valence-electron chi connectivity index (χ2n) is 7.24. The Morgan fingerprint density at radius 2 is 2.04 bits per heavy atom. The molecule has 7 heteroatoms. The van der Waals surface area contributed by atoms with Crippen LogP contribution < -0.4 is 5.73 Å². The highest BCUT2D eigenvalue weighted by Gasteiger charge is 2.40. The Labute approximate surface area is 159 Å². The number of rotatable bonds is 4. The lowest BCUT2D eigenvalue weighted by molar-refractivity contribution is -0.138. The van der Waals surface area contributed by atoms with Crippen molar-refractivity contribution in [2.45, 2.75) is 19.4 Å². The smallest absolute Gasteiger partial charge is 0.244 e. The fourth-order valence-electron chi connectivity index (χ4n) is 3.60. The molecule has 0 bridgehead atoms. The van der Waals surface area contributed by atoms with Gasteiger partial charge in [-0.2, -0.15) is 0 Å². The van der Waals surface area contributed by atoms with E-state index in [1.165, 1.54) is 0 Å². The number of likely N-dealkylation sites (tertiary alicyclic amines) is 1. The second-order valence-corrected chi connectivity index (χ2v) is 8.08. The molecule has 3 rings (SSSR count). The van der Waals surface area contributed by atoms with Gasteiger partial charge in [0.05, 0.1) is 13.2 Å². The van der Waals surface area contributed by atoms with Crippen LogP contribution in [0.2, 0.25) is 10.0 Å². The summed E-state index contributed by atoms with van der Waals surface area (Å²) >= 11 is 12.5. The number of halogens is 2. The molecule has 0 spiro atoms. The third kappa shape index (κ3) is 4.12. The molecule has 2 N–H and O–H groups in total. The Balaban J connectivity index is 1.89. The van der Waals surface area contributed by atoms with Gasteiger partial charge in [0.25, 0.3) is 0 Å². The van der Waals surface area contributed by atoms with E-state index in [4.69, 9.17) is 33.7 Å². The number of nitrogens with two attached hydrogens (primary N) is 1. The highest BCUT2D eigenvalue weighted by atomic mass is 35.5. The molecule has 2 heterocycles. The molecule has 1 aromatic carbocycles. The average Bonchev–Trinajstić information content (AvgIpc) is 3.01. The lowest BCUT2D eigenvalue weighted by Crippen LogP contribution is -2.47. The predicted octanol–water partition coefficient (Wildman–Crippen LogP) is 2.56. The summed E-state index contributed by atoms with van der Waals surface area (Å²) in [6.45, 7) is 6.80. The van der Waals surface area contributed by atoms with Crippen LogP contribution in [0.3, 0.4) is 0 Å². The highest BCUT2D eigenvalue weighted by Crippen LogP contribution is 2.35. The first-order valence-electron chi connectivity index (χ1n) is 8.69. The lowest BCUT2D eigenvalue weighted by atomic mass is 9.90. The summed E-state index contributed by atoms with van der Waals surface area (Å²) in [4.78, 5) is 17.5. The van der Waals surface area contributed by atoms with E-state index in [0.717, 1.165) is 18.5 Å². The van der Waals surface area contributed by atoms with E-state index in [1.807, 2.05) is 11.0 Å². The summed E-state index contributed by atoms with van der Waals surface area (Å²) in [5.74, 6) is 0.0864. The molecule has 2 aliphatic heterocycles. The Kier molecular flexibility index (Phi) is 5.91. The molecular weight excluding hydrogens is 361 g/mol. The van der Waals surface area contributed by atoms with Gasteiger partial charge in [-0.15, -0.1) is 0 Å². The van der Waals surface area contributed by atoms with Gasteiger partial charge in [-0.05, 0) is 36.1 Å².